The minimum atomic E-state index is -1.64. The molecule has 1 aromatic rings. The van der Waals surface area contributed by atoms with Gasteiger partial charge < -0.3 is 16.8 Å². The molecule has 0 aromatic carbocycles. The van der Waals surface area contributed by atoms with E-state index < -0.39 is 17.1 Å². The zero-order chi connectivity index (χ0) is 15.2. The van der Waals surface area contributed by atoms with Gasteiger partial charge in [-0.2, -0.15) is 16.8 Å². The zero-order valence-corrected chi connectivity index (χ0v) is 13.2. The van der Waals surface area contributed by atoms with E-state index in [0.717, 1.165) is 11.4 Å². The fraction of sp³-hybridized carbons (Fsp3) is 0.333. The second kappa shape index (κ2) is 7.38. The lowest BCUT2D eigenvalue weighted by Crippen LogP contribution is -2.35. The summed E-state index contributed by atoms with van der Waals surface area (Å²) in [5.41, 5.74) is 11.4. The number of nitrogens with one attached hydrogen (secondary N) is 2. The normalized spacial score (nSPS) is 17.2. The third-order valence-corrected chi connectivity index (χ3v) is 4.61. The maximum atomic E-state index is 11.2. The van der Waals surface area contributed by atoms with Gasteiger partial charge in [-0.05, 0) is 0 Å². The monoisotopic (exact) mass is 347 g/mol. The van der Waals surface area contributed by atoms with Gasteiger partial charge in [0.15, 0.2) is 5.96 Å². The summed E-state index contributed by atoms with van der Waals surface area (Å²) < 4.78 is 16.7. The molecule has 0 spiro atoms. The number of aromatic nitrogens is 1. The molecule has 0 bridgehead atoms. The molecule has 0 saturated carbocycles. The molecule has 21 heavy (non-hydrogen) atoms. The van der Waals surface area contributed by atoms with Crippen molar-refractivity contribution in [2.75, 3.05) is 12.3 Å². The molecule has 114 valence electrons. The van der Waals surface area contributed by atoms with Gasteiger partial charge in [0.2, 0.25) is 22.1 Å². The van der Waals surface area contributed by atoms with Gasteiger partial charge in [-0.15, -0.1) is 15.7 Å². The summed E-state index contributed by atoms with van der Waals surface area (Å²) in [6.45, 7) is 0.541. The van der Waals surface area contributed by atoms with Crippen molar-refractivity contribution >= 4 is 57.1 Å². The molecular formula is C9H13N7O2S3. The Hall–Kier alpha value is -1.66. The summed E-state index contributed by atoms with van der Waals surface area (Å²) in [4.78, 5) is 19.3. The molecular weight excluding hydrogens is 334 g/mol. The Balaban J connectivity index is 1.67. The highest BCUT2D eigenvalue weighted by atomic mass is 32.2. The molecule has 9 nitrogen and oxygen atoms in total. The number of nitrogens with zero attached hydrogens (tertiary/aromatic N) is 3. The molecule has 1 atom stereocenters. The van der Waals surface area contributed by atoms with Crippen LogP contribution in [-0.4, -0.2) is 39.2 Å². The highest BCUT2D eigenvalue weighted by Crippen LogP contribution is 2.21. The van der Waals surface area contributed by atoms with E-state index in [4.69, 9.17) is 11.5 Å². The van der Waals surface area contributed by atoms with Crippen molar-refractivity contribution in [2.24, 2.45) is 20.9 Å². The minimum absolute atomic E-state index is 0.0132. The SMILES string of the molecule is NC(N)=Nc1nc(CSCCNC2=NS(=O)NC2=O)cs1. The summed E-state index contributed by atoms with van der Waals surface area (Å²) in [5.74, 6) is 1.11. The third-order valence-electron chi connectivity index (χ3n) is 2.12. The fourth-order valence-corrected chi connectivity index (χ4v) is 3.50. The molecule has 6 N–H and O–H groups in total. The summed E-state index contributed by atoms with van der Waals surface area (Å²) in [6.07, 6.45) is 0. The quantitative estimate of drug-likeness (QED) is 0.292. The summed E-state index contributed by atoms with van der Waals surface area (Å²) in [6, 6.07) is 0. The number of carbonyl (C=O) groups excluding carboxylic acids is 1. The smallest absolute Gasteiger partial charge is 0.300 e. The lowest BCUT2D eigenvalue weighted by atomic mass is 10.5. The second-order valence-corrected chi connectivity index (χ2v) is 6.58. The van der Waals surface area contributed by atoms with E-state index in [1.807, 2.05) is 5.38 Å². The highest BCUT2D eigenvalue weighted by Gasteiger charge is 2.21. The van der Waals surface area contributed by atoms with Gasteiger partial charge in [0.25, 0.3) is 0 Å². The summed E-state index contributed by atoms with van der Waals surface area (Å²) >= 11 is 1.36. The first kappa shape index (κ1) is 15.7. The molecule has 0 fully saturated rings. The van der Waals surface area contributed by atoms with Crippen molar-refractivity contribution < 1.29 is 9.00 Å². The lowest BCUT2D eigenvalue weighted by Gasteiger charge is -2.02. The number of thiazole rings is 1. The van der Waals surface area contributed by atoms with Crippen molar-refractivity contribution in [1.29, 1.82) is 0 Å². The average Bonchev–Trinajstić information content (AvgIpc) is 2.95. The van der Waals surface area contributed by atoms with Crippen molar-refractivity contribution in [2.45, 2.75) is 5.75 Å². The molecule has 1 amide bonds. The van der Waals surface area contributed by atoms with E-state index >= 15 is 0 Å². The van der Waals surface area contributed by atoms with Crippen LogP contribution in [0.5, 0.6) is 0 Å². The topological polar surface area (TPSA) is 148 Å². The maximum Gasteiger partial charge on any atom is 0.300 e. The predicted molar refractivity (Wildman–Crippen MR) is 85.5 cm³/mol. The van der Waals surface area contributed by atoms with Crippen LogP contribution in [0, 0.1) is 0 Å². The van der Waals surface area contributed by atoms with Crippen molar-refractivity contribution in [3.63, 3.8) is 0 Å². The van der Waals surface area contributed by atoms with Gasteiger partial charge in [0, 0.05) is 23.4 Å². The van der Waals surface area contributed by atoms with Crippen LogP contribution in [0.4, 0.5) is 5.13 Å². The molecule has 2 heterocycles. The van der Waals surface area contributed by atoms with E-state index in [1.54, 1.807) is 11.8 Å². The van der Waals surface area contributed by atoms with E-state index in [2.05, 4.69) is 24.4 Å². The zero-order valence-electron chi connectivity index (χ0n) is 10.7. The number of hydrogen-bond donors (Lipinski definition) is 4. The number of carbonyl (C=O) groups is 1. The number of aliphatic imine (C=N–C) groups is 1. The highest BCUT2D eigenvalue weighted by molar-refractivity contribution is 7.98. The predicted octanol–water partition coefficient (Wildman–Crippen LogP) is -1.02. The Morgan fingerprint density at radius 1 is 1.57 bits per heavy atom. The van der Waals surface area contributed by atoms with Crippen molar-refractivity contribution in [3.05, 3.63) is 11.1 Å². The standard InChI is InChI=1S/C9H13N7O2S3/c10-8(11)14-9-13-5(4-20-9)3-19-2-1-12-6-7(17)16-21(18)15-6/h4H,1-3H2,(H,12,15)(H,16,17)(H4,10,11,13,14). The Bertz CT molecular complexity index is 608. The van der Waals surface area contributed by atoms with Crippen molar-refractivity contribution in [1.82, 2.24) is 15.0 Å². The van der Waals surface area contributed by atoms with Crippen LogP contribution < -0.4 is 21.5 Å². The van der Waals surface area contributed by atoms with Crippen LogP contribution in [0.15, 0.2) is 14.8 Å². The molecule has 1 unspecified atom stereocenters. The van der Waals surface area contributed by atoms with Crippen LogP contribution >= 0.6 is 23.1 Å². The van der Waals surface area contributed by atoms with E-state index in [0.29, 0.717) is 17.4 Å². The van der Waals surface area contributed by atoms with E-state index in [-0.39, 0.29) is 11.8 Å². The molecule has 0 aliphatic carbocycles. The van der Waals surface area contributed by atoms with Crippen LogP contribution in [0.2, 0.25) is 0 Å². The number of rotatable bonds is 6. The lowest BCUT2D eigenvalue weighted by molar-refractivity contribution is -0.113. The third kappa shape index (κ3) is 4.99. The Kier molecular flexibility index (Phi) is 5.52. The number of nitrogens with two attached hydrogens (primary N) is 2. The number of amidine groups is 1. The van der Waals surface area contributed by atoms with Crippen LogP contribution in [-0.2, 0) is 21.7 Å². The number of thioether (sulfide) groups is 1. The number of amides is 1. The molecule has 12 heteroatoms. The maximum absolute atomic E-state index is 11.2. The average molecular weight is 347 g/mol. The Labute approximate surface area is 131 Å². The van der Waals surface area contributed by atoms with Gasteiger partial charge in [-0.3, -0.25) is 4.79 Å². The number of guanidine groups is 1. The molecule has 1 aromatic heterocycles. The molecule has 2 rings (SSSR count). The largest absolute Gasteiger partial charge is 0.370 e. The molecule has 0 saturated heterocycles. The van der Waals surface area contributed by atoms with Gasteiger partial charge in [-0.1, -0.05) is 0 Å². The summed E-state index contributed by atoms with van der Waals surface area (Å²) in [7, 11) is 0. The molecule has 1 aliphatic rings. The second-order valence-electron chi connectivity index (χ2n) is 3.76. The Morgan fingerprint density at radius 3 is 3.05 bits per heavy atom. The van der Waals surface area contributed by atoms with Gasteiger partial charge in [0.1, 0.15) is 0 Å². The summed E-state index contributed by atoms with van der Waals surface area (Å²) in [5, 5.41) is 5.25. The minimum Gasteiger partial charge on any atom is -0.370 e. The first-order valence-electron chi connectivity index (χ1n) is 5.72. The first-order chi connectivity index (χ1) is 10.0. The molecule has 1 aliphatic heterocycles. The Morgan fingerprint density at radius 2 is 2.38 bits per heavy atom. The van der Waals surface area contributed by atoms with Crippen LogP contribution in [0.25, 0.3) is 0 Å². The van der Waals surface area contributed by atoms with Gasteiger partial charge in [-0.25, -0.2) is 13.9 Å². The van der Waals surface area contributed by atoms with Crippen LogP contribution in [0.1, 0.15) is 5.69 Å². The van der Waals surface area contributed by atoms with Gasteiger partial charge in [0.05, 0.1) is 5.69 Å². The fourth-order valence-electron chi connectivity index (χ4n) is 1.33. The number of hydrogen-bond acceptors (Lipinski definition) is 7. The van der Waals surface area contributed by atoms with Crippen molar-refractivity contribution in [3.8, 4) is 0 Å². The van der Waals surface area contributed by atoms with Gasteiger partial charge >= 0.3 is 5.91 Å². The van der Waals surface area contributed by atoms with E-state index in [1.165, 1.54) is 11.3 Å². The molecule has 0 radical (unpaired) electrons. The van der Waals surface area contributed by atoms with E-state index in [9.17, 15) is 9.00 Å². The van der Waals surface area contributed by atoms with Crippen LogP contribution in [0.3, 0.4) is 0 Å². The first-order valence-corrected chi connectivity index (χ1v) is 8.86.